The van der Waals surface area contributed by atoms with Crippen molar-refractivity contribution in [3.05, 3.63) is 29.8 Å². The summed E-state index contributed by atoms with van der Waals surface area (Å²) < 4.78 is 36.0. The second kappa shape index (κ2) is 8.27. The molecule has 128 valence electrons. The van der Waals surface area contributed by atoms with Crippen LogP contribution in [0.25, 0.3) is 0 Å². The zero-order chi connectivity index (χ0) is 16.7. The van der Waals surface area contributed by atoms with E-state index >= 15 is 0 Å². The van der Waals surface area contributed by atoms with E-state index < -0.39 is 17.8 Å². The molecule has 5 heteroatoms. The van der Waals surface area contributed by atoms with E-state index in [1.165, 1.54) is 12.8 Å². The van der Waals surface area contributed by atoms with Crippen LogP contribution >= 0.6 is 0 Å². The fraction of sp³-hybridized carbons (Fsp3) is 0.611. The highest BCUT2D eigenvalue weighted by Crippen LogP contribution is 2.50. The van der Waals surface area contributed by atoms with Crippen LogP contribution < -0.4 is 4.74 Å². The van der Waals surface area contributed by atoms with Gasteiger partial charge in [0.1, 0.15) is 5.75 Å². The number of carbonyl (C=O) groups is 1. The van der Waals surface area contributed by atoms with Crippen molar-refractivity contribution >= 4 is 5.97 Å². The third-order valence-corrected chi connectivity index (χ3v) is 4.01. The SMILES string of the molecule is CCCCCCOc1ccc(C(=O)OCCC2CC2(F)F)cc1. The van der Waals surface area contributed by atoms with Crippen LogP contribution in [0.15, 0.2) is 24.3 Å². The predicted octanol–water partition coefficient (Wildman–Crippen LogP) is 4.85. The van der Waals surface area contributed by atoms with Gasteiger partial charge in [-0.05, 0) is 37.1 Å². The number of hydrogen-bond acceptors (Lipinski definition) is 3. The summed E-state index contributed by atoms with van der Waals surface area (Å²) in [6.07, 6.45) is 4.70. The summed E-state index contributed by atoms with van der Waals surface area (Å²) in [5.41, 5.74) is 0.408. The largest absolute Gasteiger partial charge is 0.494 e. The minimum absolute atomic E-state index is 0.0365. The van der Waals surface area contributed by atoms with Crippen molar-refractivity contribution in [3.8, 4) is 5.75 Å². The van der Waals surface area contributed by atoms with Gasteiger partial charge in [0.05, 0.1) is 18.8 Å². The second-order valence-corrected chi connectivity index (χ2v) is 6.02. The van der Waals surface area contributed by atoms with Crippen LogP contribution in [0.4, 0.5) is 8.78 Å². The smallest absolute Gasteiger partial charge is 0.338 e. The van der Waals surface area contributed by atoms with E-state index in [1.54, 1.807) is 24.3 Å². The zero-order valence-electron chi connectivity index (χ0n) is 13.5. The Balaban J connectivity index is 1.66. The lowest BCUT2D eigenvalue weighted by Crippen LogP contribution is -2.08. The van der Waals surface area contributed by atoms with Crippen LogP contribution in [-0.2, 0) is 4.74 Å². The Morgan fingerprint density at radius 2 is 1.87 bits per heavy atom. The summed E-state index contributed by atoms with van der Waals surface area (Å²) in [5.74, 6) is -2.94. The quantitative estimate of drug-likeness (QED) is 0.455. The topological polar surface area (TPSA) is 35.5 Å². The van der Waals surface area contributed by atoms with E-state index in [4.69, 9.17) is 9.47 Å². The number of esters is 1. The molecule has 1 saturated carbocycles. The maximum atomic E-state index is 12.7. The third kappa shape index (κ3) is 5.81. The maximum absolute atomic E-state index is 12.7. The zero-order valence-corrected chi connectivity index (χ0v) is 13.5. The van der Waals surface area contributed by atoms with E-state index in [2.05, 4.69) is 6.92 Å². The predicted molar refractivity (Wildman–Crippen MR) is 84.0 cm³/mol. The Hall–Kier alpha value is -1.65. The molecule has 0 bridgehead atoms. The highest BCUT2D eigenvalue weighted by atomic mass is 19.3. The van der Waals surface area contributed by atoms with Crippen LogP contribution in [-0.4, -0.2) is 25.1 Å². The van der Waals surface area contributed by atoms with Gasteiger partial charge in [-0.25, -0.2) is 13.6 Å². The van der Waals surface area contributed by atoms with Crippen molar-refractivity contribution in [2.24, 2.45) is 5.92 Å². The molecule has 1 aliphatic rings. The first-order valence-electron chi connectivity index (χ1n) is 8.30. The average molecular weight is 326 g/mol. The van der Waals surface area contributed by atoms with Gasteiger partial charge in [-0.1, -0.05) is 26.2 Å². The molecule has 0 spiro atoms. The normalized spacial score (nSPS) is 18.5. The average Bonchev–Trinajstić information content (AvgIpc) is 3.14. The van der Waals surface area contributed by atoms with Crippen molar-refractivity contribution in [2.45, 2.75) is 51.4 Å². The first kappa shape index (κ1) is 17.7. The number of alkyl halides is 2. The molecule has 0 aliphatic heterocycles. The van der Waals surface area contributed by atoms with E-state index in [0.717, 1.165) is 18.6 Å². The highest BCUT2D eigenvalue weighted by molar-refractivity contribution is 5.89. The molecule has 0 radical (unpaired) electrons. The molecule has 1 atom stereocenters. The Morgan fingerprint density at radius 3 is 2.48 bits per heavy atom. The van der Waals surface area contributed by atoms with E-state index in [9.17, 15) is 13.6 Å². The Morgan fingerprint density at radius 1 is 1.17 bits per heavy atom. The van der Waals surface area contributed by atoms with Gasteiger partial charge in [-0.2, -0.15) is 0 Å². The molecule has 0 N–H and O–H groups in total. The molecule has 0 aromatic heterocycles. The number of ether oxygens (including phenoxy) is 2. The lowest BCUT2D eigenvalue weighted by molar-refractivity contribution is 0.0452. The first-order chi connectivity index (χ1) is 11.0. The monoisotopic (exact) mass is 326 g/mol. The molecular weight excluding hydrogens is 302 g/mol. The minimum Gasteiger partial charge on any atom is -0.494 e. The molecule has 1 unspecified atom stereocenters. The molecule has 0 saturated heterocycles. The molecule has 1 aromatic carbocycles. The highest BCUT2D eigenvalue weighted by Gasteiger charge is 2.56. The van der Waals surface area contributed by atoms with Gasteiger partial charge in [-0.3, -0.25) is 0 Å². The van der Waals surface area contributed by atoms with E-state index in [-0.39, 0.29) is 19.4 Å². The van der Waals surface area contributed by atoms with Crippen molar-refractivity contribution in [3.63, 3.8) is 0 Å². The van der Waals surface area contributed by atoms with Crippen LogP contribution in [0.1, 0.15) is 55.8 Å². The Labute approximate surface area is 136 Å². The van der Waals surface area contributed by atoms with Crippen molar-refractivity contribution < 1.29 is 23.0 Å². The maximum Gasteiger partial charge on any atom is 0.338 e. The molecule has 1 fully saturated rings. The number of halogens is 2. The number of benzene rings is 1. The van der Waals surface area contributed by atoms with E-state index in [1.807, 2.05) is 0 Å². The molecular formula is C18H24F2O3. The Bertz CT molecular complexity index is 499. The molecule has 1 aromatic rings. The molecule has 23 heavy (non-hydrogen) atoms. The molecule has 1 aliphatic carbocycles. The number of hydrogen-bond donors (Lipinski definition) is 0. The fourth-order valence-electron chi connectivity index (χ4n) is 2.37. The second-order valence-electron chi connectivity index (χ2n) is 6.02. The van der Waals surface area contributed by atoms with Crippen LogP contribution in [0.5, 0.6) is 5.75 Å². The Kier molecular flexibility index (Phi) is 6.37. The lowest BCUT2D eigenvalue weighted by Gasteiger charge is -2.07. The van der Waals surface area contributed by atoms with E-state index in [0.29, 0.717) is 12.2 Å². The van der Waals surface area contributed by atoms with Gasteiger partial charge >= 0.3 is 5.97 Å². The standard InChI is InChI=1S/C18H24F2O3/c1-2-3-4-5-11-22-16-8-6-14(7-9-16)17(21)23-12-10-15-13-18(15,19)20/h6-9,15H,2-5,10-13H2,1H3. The summed E-state index contributed by atoms with van der Waals surface area (Å²) in [5, 5.41) is 0. The summed E-state index contributed by atoms with van der Waals surface area (Å²) in [7, 11) is 0. The van der Waals surface area contributed by atoms with Crippen LogP contribution in [0.3, 0.4) is 0 Å². The van der Waals surface area contributed by atoms with Gasteiger partial charge in [0.15, 0.2) is 0 Å². The third-order valence-electron chi connectivity index (χ3n) is 4.01. The summed E-state index contributed by atoms with van der Waals surface area (Å²) in [4.78, 5) is 11.8. The van der Waals surface area contributed by atoms with Gasteiger partial charge < -0.3 is 9.47 Å². The van der Waals surface area contributed by atoms with Gasteiger partial charge in [0.2, 0.25) is 0 Å². The first-order valence-corrected chi connectivity index (χ1v) is 8.30. The van der Waals surface area contributed by atoms with Crippen molar-refractivity contribution in [1.29, 1.82) is 0 Å². The van der Waals surface area contributed by atoms with Crippen molar-refractivity contribution in [1.82, 2.24) is 0 Å². The molecule has 0 amide bonds. The molecule has 0 heterocycles. The van der Waals surface area contributed by atoms with Gasteiger partial charge in [0.25, 0.3) is 5.92 Å². The van der Waals surface area contributed by atoms with Crippen LogP contribution in [0.2, 0.25) is 0 Å². The minimum atomic E-state index is -2.55. The summed E-state index contributed by atoms with van der Waals surface area (Å²) >= 11 is 0. The fourth-order valence-corrected chi connectivity index (χ4v) is 2.37. The summed E-state index contributed by atoms with van der Waals surface area (Å²) in [6.45, 7) is 2.86. The lowest BCUT2D eigenvalue weighted by atomic mass is 10.2. The van der Waals surface area contributed by atoms with Crippen LogP contribution in [0, 0.1) is 5.92 Å². The number of unbranched alkanes of at least 4 members (excludes halogenated alkanes) is 3. The molecule has 2 rings (SSSR count). The summed E-state index contributed by atoms with van der Waals surface area (Å²) in [6, 6.07) is 6.72. The number of carbonyl (C=O) groups excluding carboxylic acids is 1. The van der Waals surface area contributed by atoms with Gasteiger partial charge in [0, 0.05) is 12.3 Å². The van der Waals surface area contributed by atoms with Crippen molar-refractivity contribution in [2.75, 3.05) is 13.2 Å². The molecule has 3 nitrogen and oxygen atoms in total. The van der Waals surface area contributed by atoms with Gasteiger partial charge in [-0.15, -0.1) is 0 Å². The number of rotatable bonds is 10.